The number of nitrogens with zero attached hydrogens (tertiary/aromatic N) is 1. The largest absolute Gasteiger partial charge is 0.462 e. The number of ether oxygens (including phenoxy) is 1. The van der Waals surface area contributed by atoms with Crippen molar-refractivity contribution in [2.45, 2.75) is 32.1 Å². The SMILES string of the molecule is C=CC(=O)Cc1ccc(N(c2ccc(CCOC(=O)C=C)cc2)c2ccc(C(C)(C)c3ccccc3)cc2)cc1. The second-order valence-corrected chi connectivity index (χ2v) is 10.2. The first kappa shape index (κ1) is 28.3. The number of carbonyl (C=O) groups excluding carboxylic acids is 2. The highest BCUT2D eigenvalue weighted by Crippen LogP contribution is 2.37. The minimum absolute atomic E-state index is 0.00409. The minimum Gasteiger partial charge on any atom is -0.462 e. The van der Waals surface area contributed by atoms with Gasteiger partial charge in [-0.1, -0.05) is 93.7 Å². The van der Waals surface area contributed by atoms with Crippen LogP contribution in [0.1, 0.15) is 36.1 Å². The molecule has 4 aromatic carbocycles. The quantitative estimate of drug-likeness (QED) is 0.138. The first-order valence-corrected chi connectivity index (χ1v) is 13.4. The standard InChI is InChI=1S/C36H35NO3/c1-5-34(38)26-28-14-20-32(21-15-28)37(31-18-12-27(13-19-31)24-25-40-35(39)6-2)33-22-16-30(17-23-33)36(3,4)29-10-8-7-9-11-29/h5-23H,1-2,24-26H2,3-4H3. The maximum absolute atomic E-state index is 11.9. The average molecular weight is 530 g/mol. The minimum atomic E-state index is -0.417. The van der Waals surface area contributed by atoms with Crippen molar-refractivity contribution in [1.82, 2.24) is 0 Å². The molecule has 4 aromatic rings. The number of anilines is 3. The summed E-state index contributed by atoms with van der Waals surface area (Å²) in [5, 5.41) is 0. The molecule has 4 nitrogen and oxygen atoms in total. The van der Waals surface area contributed by atoms with Gasteiger partial charge in [-0.2, -0.15) is 0 Å². The van der Waals surface area contributed by atoms with Crippen molar-refractivity contribution in [3.8, 4) is 0 Å². The molecule has 0 heterocycles. The van der Waals surface area contributed by atoms with Crippen molar-refractivity contribution in [3.63, 3.8) is 0 Å². The average Bonchev–Trinajstić information content (AvgIpc) is 2.99. The van der Waals surface area contributed by atoms with E-state index in [0.29, 0.717) is 19.4 Å². The molecule has 0 atom stereocenters. The van der Waals surface area contributed by atoms with Crippen LogP contribution >= 0.6 is 0 Å². The third kappa shape index (κ3) is 6.83. The van der Waals surface area contributed by atoms with E-state index in [-0.39, 0.29) is 11.2 Å². The molecule has 0 spiro atoms. The second kappa shape index (κ2) is 12.9. The molecular formula is C36H35NO3. The second-order valence-electron chi connectivity index (χ2n) is 10.2. The van der Waals surface area contributed by atoms with E-state index in [2.05, 4.69) is 92.6 Å². The summed E-state index contributed by atoms with van der Waals surface area (Å²) in [6, 6.07) is 35.5. The maximum Gasteiger partial charge on any atom is 0.330 e. The van der Waals surface area contributed by atoms with Gasteiger partial charge in [0.1, 0.15) is 0 Å². The monoisotopic (exact) mass is 529 g/mol. The smallest absolute Gasteiger partial charge is 0.330 e. The predicted octanol–water partition coefficient (Wildman–Crippen LogP) is 8.05. The Morgan fingerprint density at radius 2 is 1.20 bits per heavy atom. The lowest BCUT2D eigenvalue weighted by Gasteiger charge is -2.29. The summed E-state index contributed by atoms with van der Waals surface area (Å²) in [6.07, 6.45) is 3.48. The zero-order valence-corrected chi connectivity index (χ0v) is 23.2. The van der Waals surface area contributed by atoms with Crippen LogP contribution in [0, 0.1) is 0 Å². The molecule has 0 saturated carbocycles. The number of hydrogen-bond acceptors (Lipinski definition) is 4. The summed E-state index contributed by atoms with van der Waals surface area (Å²) in [4.78, 5) is 25.4. The molecule has 0 aliphatic heterocycles. The number of rotatable bonds is 12. The highest BCUT2D eigenvalue weighted by molar-refractivity contribution is 5.91. The van der Waals surface area contributed by atoms with Gasteiger partial charge in [-0.25, -0.2) is 4.79 Å². The van der Waals surface area contributed by atoms with Crippen LogP contribution in [0.4, 0.5) is 17.1 Å². The van der Waals surface area contributed by atoms with Gasteiger partial charge >= 0.3 is 5.97 Å². The summed E-state index contributed by atoms with van der Waals surface area (Å²) >= 11 is 0. The van der Waals surface area contributed by atoms with Gasteiger partial charge in [0.2, 0.25) is 0 Å². The molecule has 0 aliphatic rings. The molecule has 0 saturated heterocycles. The van der Waals surface area contributed by atoms with Gasteiger partial charge in [-0.15, -0.1) is 0 Å². The van der Waals surface area contributed by atoms with Crippen molar-refractivity contribution in [2.75, 3.05) is 11.5 Å². The Morgan fingerprint density at radius 3 is 1.73 bits per heavy atom. The number of allylic oxidation sites excluding steroid dienone is 1. The highest BCUT2D eigenvalue weighted by Gasteiger charge is 2.23. The van der Waals surface area contributed by atoms with E-state index in [9.17, 15) is 9.59 Å². The summed E-state index contributed by atoms with van der Waals surface area (Å²) < 4.78 is 5.13. The van der Waals surface area contributed by atoms with E-state index in [1.54, 1.807) is 0 Å². The van der Waals surface area contributed by atoms with Crippen LogP contribution < -0.4 is 4.90 Å². The third-order valence-corrected chi connectivity index (χ3v) is 7.14. The fraction of sp³-hybridized carbons (Fsp3) is 0.167. The normalized spacial score (nSPS) is 10.9. The Balaban J connectivity index is 1.65. The van der Waals surface area contributed by atoms with Gasteiger partial charge < -0.3 is 9.64 Å². The Hall–Kier alpha value is -4.70. The molecule has 0 amide bonds. The number of ketones is 1. The van der Waals surface area contributed by atoms with Gasteiger partial charge in [0, 0.05) is 41.4 Å². The molecular weight excluding hydrogens is 494 g/mol. The molecule has 0 unspecified atom stereocenters. The number of carbonyl (C=O) groups is 2. The molecule has 0 radical (unpaired) electrons. The van der Waals surface area contributed by atoms with E-state index >= 15 is 0 Å². The zero-order valence-electron chi connectivity index (χ0n) is 23.2. The van der Waals surface area contributed by atoms with Gasteiger partial charge in [0.15, 0.2) is 5.78 Å². The third-order valence-electron chi connectivity index (χ3n) is 7.14. The van der Waals surface area contributed by atoms with Crippen LogP contribution in [0.5, 0.6) is 0 Å². The Labute approximate surface area is 237 Å². The Morgan fingerprint density at radius 1 is 0.700 bits per heavy atom. The van der Waals surface area contributed by atoms with E-state index in [0.717, 1.165) is 28.2 Å². The Kier molecular flexibility index (Phi) is 9.13. The zero-order chi connectivity index (χ0) is 28.5. The summed E-state index contributed by atoms with van der Waals surface area (Å²) in [5.41, 5.74) is 7.37. The molecule has 40 heavy (non-hydrogen) atoms. The van der Waals surface area contributed by atoms with Crippen LogP contribution in [0.3, 0.4) is 0 Å². The molecule has 0 aromatic heterocycles. The summed E-state index contributed by atoms with van der Waals surface area (Å²) in [6.45, 7) is 11.8. The summed E-state index contributed by atoms with van der Waals surface area (Å²) in [5.74, 6) is -0.421. The lowest BCUT2D eigenvalue weighted by Crippen LogP contribution is -2.19. The highest BCUT2D eigenvalue weighted by atomic mass is 16.5. The van der Waals surface area contributed by atoms with Gasteiger partial charge in [-0.3, -0.25) is 4.79 Å². The van der Waals surface area contributed by atoms with E-state index < -0.39 is 5.97 Å². The van der Waals surface area contributed by atoms with E-state index in [1.165, 1.54) is 23.3 Å². The van der Waals surface area contributed by atoms with Crippen LogP contribution in [0.2, 0.25) is 0 Å². The maximum atomic E-state index is 11.9. The van der Waals surface area contributed by atoms with Gasteiger partial charge in [0.05, 0.1) is 6.61 Å². The molecule has 202 valence electrons. The Bertz CT molecular complexity index is 1450. The molecule has 4 heteroatoms. The van der Waals surface area contributed by atoms with Gasteiger partial charge in [0.25, 0.3) is 0 Å². The van der Waals surface area contributed by atoms with Crippen molar-refractivity contribution in [3.05, 3.63) is 151 Å². The van der Waals surface area contributed by atoms with Crippen LogP contribution in [0.15, 0.2) is 128 Å². The van der Waals surface area contributed by atoms with Crippen LogP contribution in [-0.4, -0.2) is 18.4 Å². The van der Waals surface area contributed by atoms with E-state index in [4.69, 9.17) is 4.74 Å². The van der Waals surface area contributed by atoms with E-state index in [1.807, 2.05) is 42.5 Å². The van der Waals surface area contributed by atoms with Crippen LogP contribution in [-0.2, 0) is 32.6 Å². The van der Waals surface area contributed by atoms with Crippen molar-refractivity contribution < 1.29 is 14.3 Å². The first-order valence-electron chi connectivity index (χ1n) is 13.4. The fourth-order valence-electron chi connectivity index (χ4n) is 4.67. The molecule has 0 bridgehead atoms. The lowest BCUT2D eigenvalue weighted by atomic mass is 9.78. The predicted molar refractivity (Wildman–Crippen MR) is 163 cm³/mol. The first-order chi connectivity index (χ1) is 19.3. The fourth-order valence-corrected chi connectivity index (χ4v) is 4.67. The van der Waals surface area contributed by atoms with Crippen molar-refractivity contribution >= 4 is 28.8 Å². The topological polar surface area (TPSA) is 46.6 Å². The number of benzene rings is 4. The van der Waals surface area contributed by atoms with Crippen molar-refractivity contribution in [1.29, 1.82) is 0 Å². The molecule has 0 N–H and O–H groups in total. The van der Waals surface area contributed by atoms with Crippen molar-refractivity contribution in [2.24, 2.45) is 0 Å². The molecule has 4 rings (SSSR count). The molecule has 0 fully saturated rings. The lowest BCUT2D eigenvalue weighted by molar-refractivity contribution is -0.137. The van der Waals surface area contributed by atoms with Gasteiger partial charge in [-0.05, 0) is 64.7 Å². The van der Waals surface area contributed by atoms with Crippen LogP contribution in [0.25, 0.3) is 0 Å². The summed E-state index contributed by atoms with van der Waals surface area (Å²) in [7, 11) is 0. The number of hydrogen-bond donors (Lipinski definition) is 0. The molecule has 0 aliphatic carbocycles. The number of esters is 1.